The summed E-state index contributed by atoms with van der Waals surface area (Å²) in [6.07, 6.45) is 2.68. The van der Waals surface area contributed by atoms with Gasteiger partial charge in [-0.05, 0) is 12.8 Å². The summed E-state index contributed by atoms with van der Waals surface area (Å²) < 4.78 is 0. The first-order chi connectivity index (χ1) is 8.04. The van der Waals surface area contributed by atoms with Crippen molar-refractivity contribution in [2.24, 2.45) is 0 Å². The summed E-state index contributed by atoms with van der Waals surface area (Å²) in [4.78, 5) is 27.7. The Morgan fingerprint density at radius 3 is 2.71 bits per heavy atom. The van der Waals surface area contributed by atoms with Crippen molar-refractivity contribution < 1.29 is 14.4 Å². The van der Waals surface area contributed by atoms with Gasteiger partial charge in [-0.1, -0.05) is 13.2 Å². The third-order valence-electron chi connectivity index (χ3n) is 2.50. The minimum absolute atomic E-state index is 0.0144. The second-order valence-electron chi connectivity index (χ2n) is 3.91. The van der Waals surface area contributed by atoms with Crippen LogP contribution in [0.25, 0.3) is 0 Å². The lowest BCUT2D eigenvalue weighted by Crippen LogP contribution is -2.23. The largest absolute Gasteiger partial charge is 0.377 e. The van der Waals surface area contributed by atoms with Crippen LogP contribution in [0.4, 0.5) is 0 Å². The molecule has 1 fully saturated rings. The quantitative estimate of drug-likeness (QED) is 0.713. The van der Waals surface area contributed by atoms with Crippen LogP contribution in [0.5, 0.6) is 0 Å². The first kappa shape index (κ1) is 13.3. The Labute approximate surface area is 101 Å². The van der Waals surface area contributed by atoms with Crippen molar-refractivity contribution >= 4 is 11.8 Å². The Kier molecular flexibility index (Phi) is 4.75. The van der Waals surface area contributed by atoms with Crippen LogP contribution in [0, 0.1) is 0 Å². The summed E-state index contributed by atoms with van der Waals surface area (Å²) in [7, 11) is 1.60. The predicted molar refractivity (Wildman–Crippen MR) is 63.4 cm³/mol. The molecule has 1 saturated heterocycles. The fourth-order valence-electron chi connectivity index (χ4n) is 1.49. The second-order valence-corrected chi connectivity index (χ2v) is 3.91. The van der Waals surface area contributed by atoms with Crippen LogP contribution in [-0.2, 0) is 14.4 Å². The minimum Gasteiger partial charge on any atom is -0.377 e. The van der Waals surface area contributed by atoms with Crippen LogP contribution in [0.15, 0.2) is 24.6 Å². The molecule has 0 bridgehead atoms. The number of hydrogen-bond acceptors (Lipinski definition) is 3. The topological polar surface area (TPSA) is 58.6 Å². The van der Waals surface area contributed by atoms with E-state index in [1.54, 1.807) is 7.05 Å². The molecule has 0 spiro atoms. The van der Waals surface area contributed by atoms with E-state index in [2.05, 4.69) is 18.5 Å². The summed E-state index contributed by atoms with van der Waals surface area (Å²) in [6, 6.07) is 0. The van der Waals surface area contributed by atoms with Crippen molar-refractivity contribution in [3.05, 3.63) is 24.6 Å². The Balaban J connectivity index is 2.27. The molecule has 1 heterocycles. The van der Waals surface area contributed by atoms with Gasteiger partial charge in [0.05, 0.1) is 5.70 Å². The molecule has 5 nitrogen and oxygen atoms in total. The normalized spacial score (nSPS) is 15.0. The molecule has 0 aromatic heterocycles. The zero-order chi connectivity index (χ0) is 12.8. The number of carbonyl (C=O) groups is 2. The van der Waals surface area contributed by atoms with Gasteiger partial charge in [0, 0.05) is 26.3 Å². The van der Waals surface area contributed by atoms with Crippen molar-refractivity contribution in [1.29, 1.82) is 0 Å². The van der Waals surface area contributed by atoms with Gasteiger partial charge >= 0.3 is 0 Å². The number of rotatable bonds is 6. The van der Waals surface area contributed by atoms with Crippen molar-refractivity contribution in [1.82, 2.24) is 10.4 Å². The van der Waals surface area contributed by atoms with Gasteiger partial charge in [-0.3, -0.25) is 9.59 Å². The summed E-state index contributed by atoms with van der Waals surface area (Å²) in [5.74, 6) is 0.368. The van der Waals surface area contributed by atoms with E-state index in [-0.39, 0.29) is 11.8 Å². The monoisotopic (exact) mass is 238 g/mol. The van der Waals surface area contributed by atoms with E-state index in [1.165, 1.54) is 5.06 Å². The van der Waals surface area contributed by atoms with E-state index in [4.69, 9.17) is 4.84 Å². The lowest BCUT2D eigenvalue weighted by Gasteiger charge is -2.18. The SMILES string of the molecule is C=C(CCCC(=O)NC)ON1C(=C)CCC1=O. The molecule has 94 valence electrons. The van der Waals surface area contributed by atoms with Gasteiger partial charge in [0.15, 0.2) is 0 Å². The summed E-state index contributed by atoms with van der Waals surface area (Å²) in [5, 5.41) is 3.73. The Hall–Kier alpha value is -1.78. The number of allylic oxidation sites excluding steroid dienone is 2. The molecule has 1 rings (SSSR count). The van der Waals surface area contributed by atoms with Crippen molar-refractivity contribution in [2.45, 2.75) is 32.1 Å². The maximum atomic E-state index is 11.4. The van der Waals surface area contributed by atoms with Crippen molar-refractivity contribution in [2.75, 3.05) is 7.05 Å². The van der Waals surface area contributed by atoms with Gasteiger partial charge in [-0.25, -0.2) is 0 Å². The van der Waals surface area contributed by atoms with Gasteiger partial charge < -0.3 is 10.2 Å². The number of carbonyl (C=O) groups excluding carboxylic acids is 2. The third kappa shape index (κ3) is 3.94. The lowest BCUT2D eigenvalue weighted by molar-refractivity contribution is -0.157. The molecule has 0 unspecified atom stereocenters. The maximum absolute atomic E-state index is 11.4. The minimum atomic E-state index is -0.0950. The number of nitrogens with zero attached hydrogens (tertiary/aromatic N) is 1. The molecule has 0 aromatic carbocycles. The van der Waals surface area contributed by atoms with Crippen LogP contribution in [-0.4, -0.2) is 23.9 Å². The van der Waals surface area contributed by atoms with Crippen LogP contribution < -0.4 is 5.32 Å². The first-order valence-corrected chi connectivity index (χ1v) is 5.61. The highest BCUT2D eigenvalue weighted by Crippen LogP contribution is 2.23. The molecule has 0 radical (unpaired) electrons. The third-order valence-corrected chi connectivity index (χ3v) is 2.50. The summed E-state index contributed by atoms with van der Waals surface area (Å²) in [5.41, 5.74) is 0.655. The average Bonchev–Trinajstić information content (AvgIpc) is 2.60. The van der Waals surface area contributed by atoms with E-state index in [0.717, 1.165) is 0 Å². The van der Waals surface area contributed by atoms with Crippen LogP contribution in [0.1, 0.15) is 32.1 Å². The van der Waals surface area contributed by atoms with Gasteiger partial charge in [-0.15, -0.1) is 5.06 Å². The number of hydroxylamine groups is 2. The standard InChI is InChI=1S/C12H18N2O3/c1-9-7-8-12(16)14(9)17-10(2)5-4-6-11(15)13-3/h1-2,4-8H2,3H3,(H,13,15). The van der Waals surface area contributed by atoms with Crippen molar-refractivity contribution in [3.8, 4) is 0 Å². The highest BCUT2D eigenvalue weighted by atomic mass is 16.7. The van der Waals surface area contributed by atoms with Crippen LogP contribution in [0.3, 0.4) is 0 Å². The number of hydrogen-bond donors (Lipinski definition) is 1. The first-order valence-electron chi connectivity index (χ1n) is 5.61. The van der Waals surface area contributed by atoms with Gasteiger partial charge in [0.25, 0.3) is 5.91 Å². The summed E-state index contributed by atoms with van der Waals surface area (Å²) in [6.45, 7) is 7.46. The van der Waals surface area contributed by atoms with Crippen LogP contribution >= 0.6 is 0 Å². The van der Waals surface area contributed by atoms with Crippen molar-refractivity contribution in [3.63, 3.8) is 0 Å². The molecule has 0 saturated carbocycles. The smallest absolute Gasteiger partial charge is 0.260 e. The zero-order valence-corrected chi connectivity index (χ0v) is 10.1. The highest BCUT2D eigenvalue weighted by Gasteiger charge is 2.26. The maximum Gasteiger partial charge on any atom is 0.260 e. The molecular formula is C12H18N2O3. The fraction of sp³-hybridized carbons (Fsp3) is 0.500. The number of amides is 2. The van der Waals surface area contributed by atoms with Gasteiger partial charge in [0.1, 0.15) is 5.76 Å². The zero-order valence-electron chi connectivity index (χ0n) is 10.1. The average molecular weight is 238 g/mol. The van der Waals surface area contributed by atoms with E-state index >= 15 is 0 Å². The lowest BCUT2D eigenvalue weighted by atomic mass is 10.2. The van der Waals surface area contributed by atoms with E-state index in [0.29, 0.717) is 43.6 Å². The summed E-state index contributed by atoms with van der Waals surface area (Å²) >= 11 is 0. The Bertz CT molecular complexity index is 334. The van der Waals surface area contributed by atoms with Gasteiger partial charge in [-0.2, -0.15) is 0 Å². The molecule has 1 aliphatic rings. The van der Waals surface area contributed by atoms with Gasteiger partial charge in [0.2, 0.25) is 5.91 Å². The molecule has 17 heavy (non-hydrogen) atoms. The molecule has 0 aromatic rings. The second kappa shape index (κ2) is 6.08. The Morgan fingerprint density at radius 2 is 2.18 bits per heavy atom. The molecule has 0 aliphatic carbocycles. The highest BCUT2D eigenvalue weighted by molar-refractivity contribution is 5.80. The fourth-order valence-corrected chi connectivity index (χ4v) is 1.49. The molecule has 1 aliphatic heterocycles. The van der Waals surface area contributed by atoms with E-state index in [9.17, 15) is 9.59 Å². The number of nitrogens with one attached hydrogen (secondary N) is 1. The predicted octanol–water partition coefficient (Wildman–Crippen LogP) is 1.48. The van der Waals surface area contributed by atoms with Crippen LogP contribution in [0.2, 0.25) is 0 Å². The molecular weight excluding hydrogens is 220 g/mol. The molecule has 2 amide bonds. The van der Waals surface area contributed by atoms with E-state index < -0.39 is 0 Å². The molecule has 0 atom stereocenters. The molecule has 5 heteroatoms. The van der Waals surface area contributed by atoms with E-state index in [1.807, 2.05) is 0 Å². The Morgan fingerprint density at radius 1 is 1.47 bits per heavy atom. The molecule has 1 N–H and O–H groups in total.